The van der Waals surface area contributed by atoms with Crippen LogP contribution in [-0.2, 0) is 16.1 Å². The summed E-state index contributed by atoms with van der Waals surface area (Å²) in [6.45, 7) is 1.29. The summed E-state index contributed by atoms with van der Waals surface area (Å²) in [5.74, 6) is 0.816. The maximum absolute atomic E-state index is 12.2. The van der Waals surface area contributed by atoms with E-state index in [0.29, 0.717) is 23.8 Å². The molecule has 0 saturated carbocycles. The Morgan fingerprint density at radius 2 is 2.36 bits per heavy atom. The van der Waals surface area contributed by atoms with Gasteiger partial charge < -0.3 is 9.30 Å². The Hall–Kier alpha value is -2.38. The van der Waals surface area contributed by atoms with Gasteiger partial charge in [0.05, 0.1) is 0 Å². The van der Waals surface area contributed by atoms with Gasteiger partial charge in [0.15, 0.2) is 5.82 Å². The number of nitrogens with one attached hydrogen (secondary N) is 2. The molecular formula is C17H18ClN5O2. The first-order valence-corrected chi connectivity index (χ1v) is 8.65. The summed E-state index contributed by atoms with van der Waals surface area (Å²) < 4.78 is 7.55. The Labute approximate surface area is 149 Å². The zero-order valence-electron chi connectivity index (χ0n) is 13.5. The number of aromatic nitrogens is 4. The third kappa shape index (κ3) is 3.52. The van der Waals surface area contributed by atoms with Gasteiger partial charge in [0.25, 0.3) is 0 Å². The normalized spacial score (nSPS) is 17.2. The van der Waals surface area contributed by atoms with Gasteiger partial charge in [-0.1, -0.05) is 17.7 Å². The van der Waals surface area contributed by atoms with E-state index >= 15 is 0 Å². The van der Waals surface area contributed by atoms with E-state index in [0.717, 1.165) is 30.4 Å². The Kier molecular flexibility index (Phi) is 4.42. The minimum absolute atomic E-state index is 0.0471. The summed E-state index contributed by atoms with van der Waals surface area (Å²) in [5.41, 5.74) is 1.01. The van der Waals surface area contributed by atoms with Crippen molar-refractivity contribution in [2.24, 2.45) is 0 Å². The van der Waals surface area contributed by atoms with Gasteiger partial charge in [0.1, 0.15) is 6.10 Å². The van der Waals surface area contributed by atoms with Crippen molar-refractivity contribution in [3.8, 4) is 0 Å². The lowest BCUT2D eigenvalue weighted by molar-refractivity contribution is -0.116. The molecule has 1 unspecified atom stereocenters. The number of hydrogen-bond donors (Lipinski definition) is 2. The minimum Gasteiger partial charge on any atom is -0.370 e. The number of carbonyl (C=O) groups excluding carboxylic acids is 1. The van der Waals surface area contributed by atoms with Gasteiger partial charge in [0.2, 0.25) is 11.9 Å². The highest BCUT2D eigenvalue weighted by atomic mass is 35.5. The maximum Gasteiger partial charge on any atom is 0.248 e. The molecular weight excluding hydrogens is 342 g/mol. The molecule has 0 bridgehead atoms. The second-order valence-electron chi connectivity index (χ2n) is 6.06. The van der Waals surface area contributed by atoms with Crippen LogP contribution in [0.2, 0.25) is 5.02 Å². The molecule has 3 heterocycles. The molecule has 1 saturated heterocycles. The lowest BCUT2D eigenvalue weighted by Crippen LogP contribution is -2.15. The maximum atomic E-state index is 12.2. The first-order chi connectivity index (χ1) is 12.2. The van der Waals surface area contributed by atoms with Crippen LogP contribution >= 0.6 is 11.6 Å². The number of aryl methyl sites for hydroxylation is 1. The minimum atomic E-state index is -0.137. The molecule has 1 atom stereocenters. The highest BCUT2D eigenvalue weighted by Crippen LogP contribution is 2.26. The Bertz CT molecular complexity index is 897. The van der Waals surface area contributed by atoms with E-state index in [2.05, 4.69) is 20.5 Å². The largest absolute Gasteiger partial charge is 0.370 e. The van der Waals surface area contributed by atoms with E-state index in [-0.39, 0.29) is 18.0 Å². The van der Waals surface area contributed by atoms with Crippen LogP contribution < -0.4 is 5.32 Å². The molecule has 1 aliphatic heterocycles. The summed E-state index contributed by atoms with van der Waals surface area (Å²) >= 11 is 6.05. The second-order valence-corrected chi connectivity index (χ2v) is 6.49. The molecule has 2 aromatic heterocycles. The van der Waals surface area contributed by atoms with Crippen LogP contribution in [0.25, 0.3) is 10.9 Å². The molecule has 8 heteroatoms. The first kappa shape index (κ1) is 16.1. The molecule has 1 aliphatic rings. The number of aromatic amines is 1. The fraction of sp³-hybridized carbons (Fsp3) is 0.353. The van der Waals surface area contributed by atoms with Gasteiger partial charge in [-0.2, -0.15) is 4.98 Å². The lowest BCUT2D eigenvalue weighted by Gasteiger charge is -2.06. The van der Waals surface area contributed by atoms with Gasteiger partial charge >= 0.3 is 0 Å². The topological polar surface area (TPSA) is 84.8 Å². The van der Waals surface area contributed by atoms with E-state index in [1.54, 1.807) is 0 Å². The molecule has 25 heavy (non-hydrogen) atoms. The van der Waals surface area contributed by atoms with E-state index in [9.17, 15) is 4.79 Å². The molecule has 3 aromatic rings. The zero-order chi connectivity index (χ0) is 17.2. The molecule has 2 N–H and O–H groups in total. The number of ether oxygens (including phenoxy) is 1. The van der Waals surface area contributed by atoms with Gasteiger partial charge in [0, 0.05) is 36.3 Å². The van der Waals surface area contributed by atoms with Crippen molar-refractivity contribution in [1.29, 1.82) is 0 Å². The van der Waals surface area contributed by atoms with Crippen molar-refractivity contribution < 1.29 is 9.53 Å². The SMILES string of the molecule is O=C(CCn1ccc2ccc(Cl)cc21)Nc1n[nH]c(C2CCCO2)n1. The predicted molar refractivity (Wildman–Crippen MR) is 94.5 cm³/mol. The summed E-state index contributed by atoms with van der Waals surface area (Å²) in [5, 5.41) is 11.4. The fourth-order valence-corrected chi connectivity index (χ4v) is 3.20. The van der Waals surface area contributed by atoms with Crippen molar-refractivity contribution in [3.05, 3.63) is 41.3 Å². The smallest absolute Gasteiger partial charge is 0.248 e. The summed E-state index contributed by atoms with van der Waals surface area (Å²) in [6, 6.07) is 7.73. The van der Waals surface area contributed by atoms with Crippen molar-refractivity contribution in [2.75, 3.05) is 11.9 Å². The summed E-state index contributed by atoms with van der Waals surface area (Å²) in [6.07, 6.45) is 4.17. The van der Waals surface area contributed by atoms with Crippen molar-refractivity contribution in [2.45, 2.75) is 31.9 Å². The van der Waals surface area contributed by atoms with Crippen LogP contribution in [-0.4, -0.2) is 32.3 Å². The van der Waals surface area contributed by atoms with Crippen molar-refractivity contribution in [1.82, 2.24) is 19.7 Å². The number of carbonyl (C=O) groups is 1. The van der Waals surface area contributed by atoms with Crippen LogP contribution in [0.4, 0.5) is 5.95 Å². The fourth-order valence-electron chi connectivity index (χ4n) is 3.03. The van der Waals surface area contributed by atoms with E-state index < -0.39 is 0 Å². The van der Waals surface area contributed by atoms with Gasteiger partial charge in [-0.15, -0.1) is 5.10 Å². The number of fused-ring (bicyclic) bond motifs is 1. The number of hydrogen-bond acceptors (Lipinski definition) is 4. The third-order valence-electron chi connectivity index (χ3n) is 4.30. The average molecular weight is 360 g/mol. The van der Waals surface area contributed by atoms with E-state index in [1.807, 2.05) is 35.0 Å². The Balaban J connectivity index is 1.36. The van der Waals surface area contributed by atoms with E-state index in [4.69, 9.17) is 16.3 Å². The molecule has 1 aromatic carbocycles. The number of H-pyrrole nitrogens is 1. The number of nitrogens with zero attached hydrogens (tertiary/aromatic N) is 3. The van der Waals surface area contributed by atoms with Crippen LogP contribution in [0.1, 0.15) is 31.2 Å². The molecule has 130 valence electrons. The number of amides is 1. The highest BCUT2D eigenvalue weighted by Gasteiger charge is 2.21. The second kappa shape index (κ2) is 6.85. The Morgan fingerprint density at radius 1 is 1.44 bits per heavy atom. The molecule has 0 radical (unpaired) electrons. The predicted octanol–water partition coefficient (Wildman–Crippen LogP) is 3.29. The lowest BCUT2D eigenvalue weighted by atomic mass is 10.2. The van der Waals surface area contributed by atoms with E-state index in [1.165, 1.54) is 0 Å². The van der Waals surface area contributed by atoms with Crippen molar-refractivity contribution in [3.63, 3.8) is 0 Å². The molecule has 1 amide bonds. The van der Waals surface area contributed by atoms with Gasteiger partial charge in [-0.3, -0.25) is 15.2 Å². The van der Waals surface area contributed by atoms with Crippen LogP contribution in [0.5, 0.6) is 0 Å². The van der Waals surface area contributed by atoms with Crippen molar-refractivity contribution >= 4 is 34.4 Å². The van der Waals surface area contributed by atoms with Gasteiger partial charge in [-0.25, -0.2) is 0 Å². The van der Waals surface area contributed by atoms with Crippen LogP contribution in [0, 0.1) is 0 Å². The van der Waals surface area contributed by atoms with Crippen LogP contribution in [0.15, 0.2) is 30.5 Å². The molecule has 0 aliphatic carbocycles. The number of rotatable bonds is 5. The number of benzene rings is 1. The quantitative estimate of drug-likeness (QED) is 0.732. The number of halogens is 1. The molecule has 7 nitrogen and oxygen atoms in total. The third-order valence-corrected chi connectivity index (χ3v) is 4.54. The standard InChI is InChI=1S/C17H18ClN5O2/c18-12-4-3-11-5-7-23(13(11)10-12)8-6-15(24)19-17-20-16(21-22-17)14-2-1-9-25-14/h3-5,7,10,14H,1-2,6,8-9H2,(H2,19,20,21,22,24). The highest BCUT2D eigenvalue weighted by molar-refractivity contribution is 6.31. The average Bonchev–Trinajstić information content (AvgIpc) is 3.33. The number of anilines is 1. The monoisotopic (exact) mass is 359 g/mol. The Morgan fingerprint density at radius 3 is 3.20 bits per heavy atom. The van der Waals surface area contributed by atoms with Gasteiger partial charge in [-0.05, 0) is 36.4 Å². The molecule has 0 spiro atoms. The first-order valence-electron chi connectivity index (χ1n) is 8.27. The summed E-state index contributed by atoms with van der Waals surface area (Å²) in [4.78, 5) is 16.5. The zero-order valence-corrected chi connectivity index (χ0v) is 14.3. The summed E-state index contributed by atoms with van der Waals surface area (Å²) in [7, 11) is 0. The molecule has 4 rings (SSSR count). The molecule has 1 fully saturated rings. The van der Waals surface area contributed by atoms with Crippen LogP contribution in [0.3, 0.4) is 0 Å².